The first-order valence-corrected chi connectivity index (χ1v) is 10.1. The summed E-state index contributed by atoms with van der Waals surface area (Å²) >= 11 is 0. The van der Waals surface area contributed by atoms with E-state index in [0.717, 1.165) is 5.56 Å². The Morgan fingerprint density at radius 2 is 1.82 bits per heavy atom. The fourth-order valence-electron chi connectivity index (χ4n) is 2.98. The van der Waals surface area contributed by atoms with E-state index in [9.17, 15) is 19.7 Å². The summed E-state index contributed by atoms with van der Waals surface area (Å²) in [5, 5.41) is 16.6. The topological polar surface area (TPSA) is 124 Å². The number of nitrogens with one attached hydrogen (secondary N) is 2. The molecule has 0 aliphatic heterocycles. The van der Waals surface area contributed by atoms with Crippen molar-refractivity contribution in [1.82, 2.24) is 10.6 Å². The quantitative estimate of drug-likeness (QED) is 0.222. The van der Waals surface area contributed by atoms with Crippen molar-refractivity contribution in [1.29, 1.82) is 0 Å². The molecule has 1 aromatic heterocycles. The number of ether oxygens (including phenoxy) is 1. The summed E-state index contributed by atoms with van der Waals surface area (Å²) < 4.78 is 10.7. The Kier molecular flexibility index (Phi) is 7.72. The smallest absolute Gasteiger partial charge is 0.280 e. The van der Waals surface area contributed by atoms with Crippen LogP contribution in [-0.4, -0.2) is 37.0 Å². The number of hydrogen-bond donors (Lipinski definition) is 2. The summed E-state index contributed by atoms with van der Waals surface area (Å²) in [6.45, 7) is 2.45. The SMILES string of the molecule is COCCNC(=O)/C(=C/c1ccc(-c2ccccc2[N+](=O)[O-])o1)NC(=O)c1ccc(C)cc1. The van der Waals surface area contributed by atoms with Crippen LogP contribution in [-0.2, 0) is 9.53 Å². The van der Waals surface area contributed by atoms with Gasteiger partial charge in [-0.25, -0.2) is 0 Å². The number of nitrogens with zero attached hydrogens (tertiary/aromatic N) is 1. The predicted octanol–water partition coefficient (Wildman–Crippen LogP) is 3.70. The molecule has 0 unspecified atom stereocenters. The van der Waals surface area contributed by atoms with Gasteiger partial charge in [-0.15, -0.1) is 0 Å². The van der Waals surface area contributed by atoms with Crippen molar-refractivity contribution < 1.29 is 23.7 Å². The highest BCUT2D eigenvalue weighted by molar-refractivity contribution is 6.05. The van der Waals surface area contributed by atoms with Crippen LogP contribution in [0.25, 0.3) is 17.4 Å². The molecular formula is C24H23N3O6. The molecule has 2 amide bonds. The maximum absolute atomic E-state index is 12.7. The Labute approximate surface area is 190 Å². The fraction of sp³-hybridized carbons (Fsp3) is 0.167. The van der Waals surface area contributed by atoms with Gasteiger partial charge in [0.15, 0.2) is 0 Å². The van der Waals surface area contributed by atoms with Crippen LogP contribution in [0.4, 0.5) is 5.69 Å². The minimum Gasteiger partial charge on any atom is -0.456 e. The largest absolute Gasteiger partial charge is 0.456 e. The third-order valence-electron chi connectivity index (χ3n) is 4.68. The molecule has 9 heteroatoms. The van der Waals surface area contributed by atoms with Gasteiger partial charge >= 0.3 is 0 Å². The number of amides is 2. The molecule has 0 atom stereocenters. The molecule has 1 heterocycles. The summed E-state index contributed by atoms with van der Waals surface area (Å²) in [6, 6.07) is 16.2. The minimum atomic E-state index is -0.531. The van der Waals surface area contributed by atoms with Gasteiger partial charge in [-0.3, -0.25) is 19.7 Å². The Bertz CT molecular complexity index is 1180. The molecule has 2 N–H and O–H groups in total. The van der Waals surface area contributed by atoms with Crippen molar-refractivity contribution in [3.8, 4) is 11.3 Å². The lowest BCUT2D eigenvalue weighted by molar-refractivity contribution is -0.384. The molecule has 0 fully saturated rings. The van der Waals surface area contributed by atoms with E-state index in [1.165, 1.54) is 19.3 Å². The molecule has 3 rings (SSSR count). The van der Waals surface area contributed by atoms with Crippen LogP contribution in [0.2, 0.25) is 0 Å². The van der Waals surface area contributed by atoms with Crippen molar-refractivity contribution >= 4 is 23.6 Å². The third-order valence-corrected chi connectivity index (χ3v) is 4.68. The zero-order valence-corrected chi connectivity index (χ0v) is 18.2. The fourth-order valence-corrected chi connectivity index (χ4v) is 2.98. The highest BCUT2D eigenvalue weighted by atomic mass is 16.6. The van der Waals surface area contributed by atoms with Gasteiger partial charge in [-0.2, -0.15) is 0 Å². The Morgan fingerprint density at radius 1 is 1.09 bits per heavy atom. The van der Waals surface area contributed by atoms with Crippen LogP contribution in [0.15, 0.2) is 70.8 Å². The number of methoxy groups -OCH3 is 1. The number of carbonyl (C=O) groups excluding carboxylic acids is 2. The monoisotopic (exact) mass is 449 g/mol. The van der Waals surface area contributed by atoms with Gasteiger partial charge in [0.25, 0.3) is 17.5 Å². The van der Waals surface area contributed by atoms with E-state index in [0.29, 0.717) is 17.7 Å². The zero-order valence-electron chi connectivity index (χ0n) is 18.2. The van der Waals surface area contributed by atoms with E-state index >= 15 is 0 Å². The molecule has 33 heavy (non-hydrogen) atoms. The Balaban J connectivity index is 1.89. The summed E-state index contributed by atoms with van der Waals surface area (Å²) in [4.78, 5) is 36.2. The van der Waals surface area contributed by atoms with Crippen LogP contribution in [0.5, 0.6) is 0 Å². The number of aryl methyl sites for hydroxylation is 1. The van der Waals surface area contributed by atoms with Gasteiger partial charge in [0.05, 0.1) is 17.1 Å². The lowest BCUT2D eigenvalue weighted by Crippen LogP contribution is -2.36. The molecule has 0 bridgehead atoms. The average Bonchev–Trinajstić information content (AvgIpc) is 3.27. The van der Waals surface area contributed by atoms with Crippen LogP contribution >= 0.6 is 0 Å². The van der Waals surface area contributed by atoms with Crippen molar-refractivity contribution in [2.24, 2.45) is 0 Å². The summed E-state index contributed by atoms with van der Waals surface area (Å²) in [5.74, 6) is -0.494. The molecule has 0 aliphatic carbocycles. The van der Waals surface area contributed by atoms with Gasteiger partial charge in [-0.05, 0) is 37.3 Å². The molecule has 0 aliphatic rings. The minimum absolute atomic E-state index is 0.0415. The number of carbonyl (C=O) groups is 2. The van der Waals surface area contributed by atoms with Crippen molar-refractivity contribution in [2.75, 3.05) is 20.3 Å². The molecule has 2 aromatic carbocycles. The second-order valence-electron chi connectivity index (χ2n) is 7.10. The normalized spacial score (nSPS) is 11.2. The summed E-state index contributed by atoms with van der Waals surface area (Å²) in [5.41, 5.74) is 1.54. The lowest BCUT2D eigenvalue weighted by Gasteiger charge is -2.10. The molecule has 0 radical (unpaired) electrons. The lowest BCUT2D eigenvalue weighted by atomic mass is 10.1. The van der Waals surface area contributed by atoms with Crippen LogP contribution in [0.1, 0.15) is 21.7 Å². The number of para-hydroxylation sites is 1. The maximum atomic E-state index is 12.7. The van der Waals surface area contributed by atoms with Gasteiger partial charge in [-0.1, -0.05) is 29.8 Å². The molecular weight excluding hydrogens is 426 g/mol. The highest BCUT2D eigenvalue weighted by Gasteiger charge is 2.19. The second kappa shape index (κ2) is 10.9. The average molecular weight is 449 g/mol. The highest BCUT2D eigenvalue weighted by Crippen LogP contribution is 2.31. The molecule has 0 saturated heterocycles. The standard InChI is InChI=1S/C24H23N3O6/c1-16-7-9-17(10-8-16)23(28)26-20(24(29)25-13-14-32-2)15-18-11-12-22(33-18)19-5-3-4-6-21(19)27(30)31/h3-12,15H,13-14H2,1-2H3,(H,25,29)(H,26,28)/b20-15-. The molecule has 3 aromatic rings. The van der Waals surface area contributed by atoms with Crippen LogP contribution in [0.3, 0.4) is 0 Å². The molecule has 9 nitrogen and oxygen atoms in total. The van der Waals surface area contributed by atoms with Gasteiger partial charge < -0.3 is 19.8 Å². The Hall–Kier alpha value is -4.24. The molecule has 0 saturated carbocycles. The first-order chi connectivity index (χ1) is 15.9. The first kappa shape index (κ1) is 23.4. The van der Waals surface area contributed by atoms with Gasteiger partial charge in [0.2, 0.25) is 0 Å². The van der Waals surface area contributed by atoms with Crippen molar-refractivity contribution in [3.05, 3.63) is 93.4 Å². The third kappa shape index (κ3) is 6.14. The van der Waals surface area contributed by atoms with Crippen LogP contribution in [0, 0.1) is 17.0 Å². The molecule has 0 spiro atoms. The van der Waals surface area contributed by atoms with E-state index in [2.05, 4.69) is 10.6 Å². The van der Waals surface area contributed by atoms with Crippen molar-refractivity contribution in [2.45, 2.75) is 6.92 Å². The Morgan fingerprint density at radius 3 is 2.52 bits per heavy atom. The van der Waals surface area contributed by atoms with Crippen LogP contribution < -0.4 is 10.6 Å². The summed E-state index contributed by atoms with van der Waals surface area (Å²) in [7, 11) is 1.51. The number of hydrogen-bond acceptors (Lipinski definition) is 6. The predicted molar refractivity (Wildman–Crippen MR) is 122 cm³/mol. The second-order valence-corrected chi connectivity index (χ2v) is 7.10. The number of nitro groups is 1. The van der Waals surface area contributed by atoms with E-state index in [1.54, 1.807) is 54.6 Å². The number of furan rings is 1. The number of benzene rings is 2. The van der Waals surface area contributed by atoms with E-state index < -0.39 is 16.7 Å². The van der Waals surface area contributed by atoms with Gasteiger partial charge in [0, 0.05) is 31.4 Å². The van der Waals surface area contributed by atoms with Crippen molar-refractivity contribution in [3.63, 3.8) is 0 Å². The molecule has 170 valence electrons. The van der Waals surface area contributed by atoms with Gasteiger partial charge in [0.1, 0.15) is 17.2 Å². The van der Waals surface area contributed by atoms with E-state index in [4.69, 9.17) is 9.15 Å². The number of rotatable bonds is 9. The first-order valence-electron chi connectivity index (χ1n) is 10.1. The maximum Gasteiger partial charge on any atom is 0.280 e. The van der Waals surface area contributed by atoms with E-state index in [1.807, 2.05) is 6.92 Å². The zero-order chi connectivity index (χ0) is 23.8. The number of nitro benzene ring substituents is 1. The van der Waals surface area contributed by atoms with E-state index in [-0.39, 0.29) is 29.4 Å². The summed E-state index contributed by atoms with van der Waals surface area (Å²) in [6.07, 6.45) is 1.37.